The number of benzene rings is 4. The molecule has 26 heteroatoms. The highest BCUT2D eigenvalue weighted by Crippen LogP contribution is 2.33. The van der Waals surface area contributed by atoms with Gasteiger partial charge in [-0.3, -0.25) is 24.0 Å². The largest absolute Gasteiger partial charge is 0.461 e. The van der Waals surface area contributed by atoms with Crippen LogP contribution in [0.4, 0.5) is 61.5 Å². The van der Waals surface area contributed by atoms with Gasteiger partial charge in [-0.2, -0.15) is 22.0 Å². The van der Waals surface area contributed by atoms with Crippen molar-refractivity contribution in [3.05, 3.63) is 123 Å². The molecule has 0 bridgehead atoms. The van der Waals surface area contributed by atoms with Crippen molar-refractivity contribution in [2.75, 3.05) is 39.6 Å². The number of carbonyl (C=O) groups is 5. The van der Waals surface area contributed by atoms with E-state index in [1.807, 2.05) is 0 Å². The van der Waals surface area contributed by atoms with Crippen LogP contribution in [0.15, 0.2) is 30.3 Å². The third-order valence-corrected chi connectivity index (χ3v) is 9.66. The Balaban J connectivity index is 1.52. The molecule has 0 saturated carbocycles. The van der Waals surface area contributed by atoms with Crippen molar-refractivity contribution in [2.24, 2.45) is 5.41 Å². The first-order valence-electron chi connectivity index (χ1n) is 20.4. The molecule has 71 heavy (non-hydrogen) atoms. The quantitative estimate of drug-likeness (QED) is 0.0147. The number of rotatable bonds is 26. The molecule has 0 spiro atoms. The van der Waals surface area contributed by atoms with Crippen LogP contribution in [-0.4, -0.2) is 69.3 Å². The van der Waals surface area contributed by atoms with Crippen LogP contribution in [0.1, 0.15) is 56.1 Å². The first kappa shape index (κ1) is 56.9. The zero-order valence-corrected chi connectivity index (χ0v) is 36.5. The van der Waals surface area contributed by atoms with E-state index in [0.717, 1.165) is 6.92 Å². The van der Waals surface area contributed by atoms with E-state index in [-0.39, 0.29) is 25.9 Å². The second-order valence-electron chi connectivity index (χ2n) is 15.1. The van der Waals surface area contributed by atoms with E-state index in [1.165, 1.54) is 0 Å². The number of carbonyl (C=O) groups excluding carboxylic acids is 5. The van der Waals surface area contributed by atoms with E-state index in [1.54, 1.807) is 30.3 Å². The fourth-order valence-electron chi connectivity index (χ4n) is 6.04. The van der Waals surface area contributed by atoms with Crippen LogP contribution in [0.2, 0.25) is 0 Å². The zero-order chi connectivity index (χ0) is 52.7. The molecule has 4 rings (SSSR count). The topological polar surface area (TPSA) is 150 Å². The summed E-state index contributed by atoms with van der Waals surface area (Å²) in [6.45, 7) is -4.07. The van der Waals surface area contributed by atoms with Gasteiger partial charge in [-0.25, -0.2) is 39.5 Å². The van der Waals surface area contributed by atoms with Crippen molar-refractivity contribution in [3.8, 4) is 17.2 Å². The lowest BCUT2D eigenvalue weighted by Crippen LogP contribution is -2.40. The number of hydrogen-bond donors (Lipinski definition) is 0. The van der Waals surface area contributed by atoms with Gasteiger partial charge < -0.3 is 33.2 Å². The highest BCUT2D eigenvalue weighted by atomic mass is 19.2. The molecule has 12 nitrogen and oxygen atoms in total. The van der Waals surface area contributed by atoms with Crippen molar-refractivity contribution < 1.29 is 119 Å². The molecule has 0 radical (unpaired) electrons. The van der Waals surface area contributed by atoms with Crippen LogP contribution >= 0.6 is 0 Å². The molecule has 0 N–H and O–H groups in total. The predicted octanol–water partition coefficient (Wildman–Crippen LogP) is 9.14. The summed E-state index contributed by atoms with van der Waals surface area (Å²) in [6, 6.07) is 8.45. The molecule has 4 aromatic carbocycles. The molecule has 0 atom stereocenters. The molecule has 0 aliphatic rings. The SMILES string of the molecule is Cc1c(F)c(F)c(F)c(F)c1OC(=O)CCOCC(COCCC(=O)Oc1c(F)c(F)c(F)c(F)c1F)(COCCC(=O)Oc1c(F)c(F)c(F)c(F)c1F)CC(=O)CCCC(=O)OCc1ccccc1. The Labute approximate surface area is 391 Å². The predicted molar refractivity (Wildman–Crippen MR) is 209 cm³/mol. The van der Waals surface area contributed by atoms with Gasteiger partial charge in [-0.1, -0.05) is 30.3 Å². The van der Waals surface area contributed by atoms with Crippen LogP contribution in [0.25, 0.3) is 0 Å². The molecule has 0 amide bonds. The van der Waals surface area contributed by atoms with E-state index in [9.17, 15) is 85.4 Å². The van der Waals surface area contributed by atoms with E-state index in [4.69, 9.17) is 18.9 Å². The van der Waals surface area contributed by atoms with Crippen LogP contribution in [0.5, 0.6) is 17.2 Å². The summed E-state index contributed by atoms with van der Waals surface area (Å²) in [6.07, 6.45) is -4.35. The van der Waals surface area contributed by atoms with E-state index in [0.29, 0.717) is 5.56 Å². The summed E-state index contributed by atoms with van der Waals surface area (Å²) in [7, 11) is 0. The first-order valence-corrected chi connectivity index (χ1v) is 20.4. The summed E-state index contributed by atoms with van der Waals surface area (Å²) >= 11 is 0. The van der Waals surface area contributed by atoms with Gasteiger partial charge >= 0.3 is 23.9 Å². The van der Waals surface area contributed by atoms with Crippen LogP contribution in [-0.2, 0) is 49.5 Å². The fourth-order valence-corrected chi connectivity index (χ4v) is 6.04. The van der Waals surface area contributed by atoms with Gasteiger partial charge in [0.1, 0.15) is 12.4 Å². The third-order valence-electron chi connectivity index (χ3n) is 9.66. The number of esters is 4. The maximum Gasteiger partial charge on any atom is 0.313 e. The number of halogens is 14. The minimum absolute atomic E-state index is 0.104. The fraction of sp³-hybridized carbons (Fsp3) is 0.356. The Morgan fingerprint density at radius 1 is 0.423 bits per heavy atom. The molecule has 0 saturated heterocycles. The lowest BCUT2D eigenvalue weighted by atomic mass is 9.84. The van der Waals surface area contributed by atoms with Gasteiger partial charge in [0.15, 0.2) is 17.4 Å². The smallest absolute Gasteiger partial charge is 0.313 e. The number of Topliss-reactive ketones (excluding diaryl/α,β-unsaturated/α-hetero) is 1. The van der Waals surface area contributed by atoms with Gasteiger partial charge in [0.25, 0.3) is 0 Å². The van der Waals surface area contributed by atoms with Gasteiger partial charge in [-0.15, -0.1) is 0 Å². The number of ketones is 1. The Bertz CT molecular complexity index is 2310. The molecule has 4 aromatic rings. The summed E-state index contributed by atoms with van der Waals surface area (Å²) in [5.41, 5.74) is -2.15. The minimum atomic E-state index is -2.56. The normalized spacial score (nSPS) is 11.4. The third kappa shape index (κ3) is 15.2. The highest BCUT2D eigenvalue weighted by molar-refractivity contribution is 5.80. The average Bonchev–Trinajstić information content (AvgIpc) is 3.35. The van der Waals surface area contributed by atoms with Crippen molar-refractivity contribution in [1.29, 1.82) is 0 Å². The molecular weight excluding hydrogens is 998 g/mol. The standard InChI is InChI=1S/C45H36F14O12/c1-21-28(46)29(47)32(50)37(55)42(21)69-25(62)10-13-65-18-45(16-23(60)8-5-9-24(61)68-17-22-6-3-2-4-7-22,19-66-14-11-26(63)70-43-38(56)33(51)30(48)34(52)39(43)57)20-67-15-12-27(64)71-44-40(58)35(53)31(49)36(54)41(44)59/h2-4,6-7H,5,8-20H2,1H3. The second kappa shape index (κ2) is 26.0. The first-order chi connectivity index (χ1) is 33.5. The molecule has 0 aromatic heterocycles. The molecule has 0 unspecified atom stereocenters. The number of hydrogen-bond acceptors (Lipinski definition) is 12. The van der Waals surface area contributed by atoms with Gasteiger partial charge in [0.2, 0.25) is 81.3 Å². The van der Waals surface area contributed by atoms with Crippen LogP contribution in [0, 0.1) is 93.8 Å². The van der Waals surface area contributed by atoms with E-state index < -0.39 is 205 Å². The second-order valence-corrected chi connectivity index (χ2v) is 15.1. The minimum Gasteiger partial charge on any atom is -0.461 e. The monoisotopic (exact) mass is 1030 g/mol. The molecular formula is C45H36F14O12. The maximum atomic E-state index is 14.4. The lowest BCUT2D eigenvalue weighted by molar-refractivity contribution is -0.145. The van der Waals surface area contributed by atoms with Crippen molar-refractivity contribution in [1.82, 2.24) is 0 Å². The Morgan fingerprint density at radius 2 is 0.775 bits per heavy atom. The van der Waals surface area contributed by atoms with E-state index >= 15 is 0 Å². The lowest BCUT2D eigenvalue weighted by Gasteiger charge is -2.33. The van der Waals surface area contributed by atoms with Gasteiger partial charge in [0, 0.05) is 30.2 Å². The zero-order valence-electron chi connectivity index (χ0n) is 36.5. The summed E-state index contributed by atoms with van der Waals surface area (Å²) in [5.74, 6) is -44.6. The van der Waals surface area contributed by atoms with Gasteiger partial charge in [0.05, 0.1) is 58.9 Å². The maximum absolute atomic E-state index is 14.4. The van der Waals surface area contributed by atoms with Crippen molar-refractivity contribution in [2.45, 2.75) is 58.5 Å². The van der Waals surface area contributed by atoms with Crippen LogP contribution < -0.4 is 14.2 Å². The Hall–Kier alpha value is -6.67. The number of ether oxygens (including phenoxy) is 7. The van der Waals surface area contributed by atoms with Crippen LogP contribution in [0.3, 0.4) is 0 Å². The van der Waals surface area contributed by atoms with E-state index in [2.05, 4.69) is 14.2 Å². The summed E-state index contributed by atoms with van der Waals surface area (Å²) < 4.78 is 229. The van der Waals surface area contributed by atoms with Crippen molar-refractivity contribution >= 4 is 29.7 Å². The summed E-state index contributed by atoms with van der Waals surface area (Å²) in [5, 5.41) is 0. The molecule has 0 aliphatic heterocycles. The molecule has 0 fully saturated rings. The molecule has 0 aliphatic carbocycles. The van der Waals surface area contributed by atoms with Gasteiger partial charge in [-0.05, 0) is 18.9 Å². The Morgan fingerprint density at radius 3 is 1.18 bits per heavy atom. The average molecular weight is 1030 g/mol. The summed E-state index contributed by atoms with van der Waals surface area (Å²) in [4.78, 5) is 63.4. The highest BCUT2D eigenvalue weighted by Gasteiger charge is 2.36. The molecule has 386 valence electrons. The van der Waals surface area contributed by atoms with Crippen molar-refractivity contribution in [3.63, 3.8) is 0 Å². The Kier molecular flexibility index (Phi) is 20.8. The molecule has 0 heterocycles.